The van der Waals surface area contributed by atoms with E-state index in [9.17, 15) is 8.42 Å². The maximum atomic E-state index is 12.0. The van der Waals surface area contributed by atoms with E-state index in [-0.39, 0.29) is 10.7 Å². The van der Waals surface area contributed by atoms with E-state index in [1.54, 1.807) is 4.68 Å². The molecule has 2 heterocycles. The van der Waals surface area contributed by atoms with Gasteiger partial charge in [0.15, 0.2) is 20.6 Å². The smallest absolute Gasteiger partial charge is 0.182 e. The Balaban J connectivity index is 2.33. The van der Waals surface area contributed by atoms with E-state index in [0.29, 0.717) is 18.4 Å². The molecule has 0 bridgehead atoms. The number of hydrogen-bond acceptors (Lipinski definition) is 6. The summed E-state index contributed by atoms with van der Waals surface area (Å²) in [4.78, 5) is 4.57. The van der Waals surface area contributed by atoms with Gasteiger partial charge in [-0.2, -0.15) is 5.10 Å². The molecule has 7 nitrogen and oxygen atoms in total. The van der Waals surface area contributed by atoms with Crippen molar-refractivity contribution in [2.45, 2.75) is 38.3 Å². The minimum atomic E-state index is -3.40. The van der Waals surface area contributed by atoms with Gasteiger partial charge in [0.1, 0.15) is 5.82 Å². The first kappa shape index (κ1) is 16.1. The lowest BCUT2D eigenvalue weighted by Crippen LogP contribution is -2.49. The summed E-state index contributed by atoms with van der Waals surface area (Å²) in [6, 6.07) is 0.500. The largest absolute Gasteiger partial charge is 0.383 e. The van der Waals surface area contributed by atoms with Gasteiger partial charge < -0.3 is 10.6 Å². The maximum Gasteiger partial charge on any atom is 0.182 e. The van der Waals surface area contributed by atoms with Crippen LogP contribution in [-0.2, 0) is 16.4 Å². The number of nitrogen functional groups attached to an aromatic ring is 1. The second-order valence-corrected chi connectivity index (χ2v) is 7.70. The van der Waals surface area contributed by atoms with E-state index in [1.807, 2.05) is 11.8 Å². The van der Waals surface area contributed by atoms with Gasteiger partial charge in [-0.1, -0.05) is 0 Å². The van der Waals surface area contributed by atoms with Crippen LogP contribution in [0.3, 0.4) is 0 Å². The highest BCUT2D eigenvalue weighted by Gasteiger charge is 2.29. The zero-order chi connectivity index (χ0) is 15.8. The van der Waals surface area contributed by atoms with Gasteiger partial charge in [0.2, 0.25) is 0 Å². The first-order valence-corrected chi connectivity index (χ1v) is 9.20. The molecule has 0 radical (unpaired) electrons. The van der Waals surface area contributed by atoms with Crippen molar-refractivity contribution in [1.82, 2.24) is 14.7 Å². The van der Waals surface area contributed by atoms with Crippen molar-refractivity contribution in [1.29, 1.82) is 0 Å². The second-order valence-electron chi connectivity index (χ2n) is 5.74. The number of nitrogens with two attached hydrogens (primary N) is 1. The molecule has 8 heteroatoms. The van der Waals surface area contributed by atoms with E-state index in [2.05, 4.69) is 23.8 Å². The Morgan fingerprint density at radius 1 is 1.24 bits per heavy atom. The minimum absolute atomic E-state index is 0.169. The number of rotatable bonds is 4. The third-order valence-corrected chi connectivity index (χ3v) is 5.08. The molecule has 1 aliphatic heterocycles. The third-order valence-electron chi connectivity index (χ3n) is 3.94. The predicted octanol–water partition coefficient (Wildman–Crippen LogP) is 0.419. The molecule has 0 spiro atoms. The van der Waals surface area contributed by atoms with Gasteiger partial charge in [0, 0.05) is 45.0 Å². The minimum Gasteiger partial charge on any atom is -0.383 e. The molecule has 0 aromatic carbocycles. The van der Waals surface area contributed by atoms with Crippen molar-refractivity contribution in [3.05, 3.63) is 0 Å². The standard InChI is InChI=1S/C13H25N5O2S/c1-5-18-12(14)11(21(4,19)20)13(15-18)17-8-6-16(7-9-17)10(2)3/h10H,5-9,14H2,1-4H3. The Morgan fingerprint density at radius 2 is 1.81 bits per heavy atom. The summed E-state index contributed by atoms with van der Waals surface area (Å²) < 4.78 is 25.7. The number of piperazine rings is 1. The molecule has 1 aliphatic rings. The highest BCUT2D eigenvalue weighted by molar-refractivity contribution is 7.91. The number of aryl methyl sites for hydroxylation is 1. The molecule has 0 aliphatic carbocycles. The van der Waals surface area contributed by atoms with Crippen LogP contribution in [0, 0.1) is 0 Å². The normalized spacial score (nSPS) is 17.7. The molecule has 0 saturated carbocycles. The quantitative estimate of drug-likeness (QED) is 0.867. The average molecular weight is 315 g/mol. The van der Waals surface area contributed by atoms with E-state index >= 15 is 0 Å². The van der Waals surface area contributed by atoms with Crippen molar-refractivity contribution in [3.63, 3.8) is 0 Å². The fourth-order valence-electron chi connectivity index (χ4n) is 2.70. The third kappa shape index (κ3) is 3.16. The van der Waals surface area contributed by atoms with Crippen molar-refractivity contribution in [2.24, 2.45) is 0 Å². The van der Waals surface area contributed by atoms with Crippen molar-refractivity contribution in [2.75, 3.05) is 43.1 Å². The monoisotopic (exact) mass is 315 g/mol. The molecule has 0 unspecified atom stereocenters. The summed E-state index contributed by atoms with van der Waals surface area (Å²) in [6.45, 7) is 10.1. The van der Waals surface area contributed by atoms with Crippen LogP contribution >= 0.6 is 0 Å². The zero-order valence-electron chi connectivity index (χ0n) is 13.2. The number of hydrogen-bond donors (Lipinski definition) is 1. The molecule has 2 N–H and O–H groups in total. The van der Waals surface area contributed by atoms with Gasteiger partial charge in [0.25, 0.3) is 0 Å². The molecule has 0 amide bonds. The number of anilines is 2. The molecule has 0 atom stereocenters. The van der Waals surface area contributed by atoms with Crippen LogP contribution in [0.1, 0.15) is 20.8 Å². The molecular weight excluding hydrogens is 290 g/mol. The Kier molecular flexibility index (Phi) is 4.48. The van der Waals surface area contributed by atoms with Crippen LogP contribution in [0.2, 0.25) is 0 Å². The molecular formula is C13H25N5O2S. The van der Waals surface area contributed by atoms with Crippen LogP contribution in [0.15, 0.2) is 4.90 Å². The summed E-state index contributed by atoms with van der Waals surface area (Å²) in [5.74, 6) is 0.738. The van der Waals surface area contributed by atoms with Crippen molar-refractivity contribution >= 4 is 21.5 Å². The van der Waals surface area contributed by atoms with Crippen molar-refractivity contribution < 1.29 is 8.42 Å². The number of sulfone groups is 1. The Labute approximate surface area is 126 Å². The molecule has 1 fully saturated rings. The fraction of sp³-hybridized carbons (Fsp3) is 0.769. The maximum absolute atomic E-state index is 12.0. The van der Waals surface area contributed by atoms with Crippen LogP contribution in [-0.4, -0.2) is 61.6 Å². The van der Waals surface area contributed by atoms with Gasteiger partial charge in [0.05, 0.1) is 0 Å². The van der Waals surface area contributed by atoms with Gasteiger partial charge in [-0.05, 0) is 20.8 Å². The average Bonchev–Trinajstić information content (AvgIpc) is 2.75. The van der Waals surface area contributed by atoms with Crippen LogP contribution in [0.25, 0.3) is 0 Å². The van der Waals surface area contributed by atoms with Crippen LogP contribution in [0.4, 0.5) is 11.6 Å². The first-order chi connectivity index (χ1) is 9.75. The highest BCUT2D eigenvalue weighted by atomic mass is 32.2. The molecule has 21 heavy (non-hydrogen) atoms. The number of nitrogens with zero attached hydrogens (tertiary/aromatic N) is 4. The molecule has 1 saturated heterocycles. The summed E-state index contributed by atoms with van der Waals surface area (Å²) >= 11 is 0. The van der Waals surface area contributed by atoms with Gasteiger partial charge in [-0.3, -0.25) is 4.90 Å². The van der Waals surface area contributed by atoms with Gasteiger partial charge in [-0.25, -0.2) is 13.1 Å². The van der Waals surface area contributed by atoms with Gasteiger partial charge in [-0.15, -0.1) is 0 Å². The molecule has 1 aromatic heterocycles. The first-order valence-electron chi connectivity index (χ1n) is 7.31. The Bertz CT molecular complexity index is 600. The van der Waals surface area contributed by atoms with Gasteiger partial charge >= 0.3 is 0 Å². The Hall–Kier alpha value is -1.28. The summed E-state index contributed by atoms with van der Waals surface area (Å²) in [5.41, 5.74) is 5.97. The second kappa shape index (κ2) is 5.84. The Morgan fingerprint density at radius 3 is 2.24 bits per heavy atom. The topological polar surface area (TPSA) is 84.5 Å². The lowest BCUT2D eigenvalue weighted by atomic mass is 10.2. The lowest BCUT2D eigenvalue weighted by molar-refractivity contribution is 0.208. The highest BCUT2D eigenvalue weighted by Crippen LogP contribution is 2.30. The van der Waals surface area contributed by atoms with E-state index in [4.69, 9.17) is 5.73 Å². The molecule has 2 rings (SSSR count). The number of aromatic nitrogens is 2. The van der Waals surface area contributed by atoms with E-state index in [0.717, 1.165) is 26.2 Å². The molecule has 1 aromatic rings. The zero-order valence-corrected chi connectivity index (χ0v) is 14.0. The summed E-state index contributed by atoms with van der Waals surface area (Å²) in [6.07, 6.45) is 1.19. The lowest BCUT2D eigenvalue weighted by Gasteiger charge is -2.37. The SMILES string of the molecule is CCn1nc(N2CCN(C(C)C)CC2)c(S(C)(=O)=O)c1N. The van der Waals surface area contributed by atoms with Crippen LogP contribution in [0.5, 0.6) is 0 Å². The predicted molar refractivity (Wildman–Crippen MR) is 84.3 cm³/mol. The summed E-state index contributed by atoms with van der Waals surface area (Å²) in [5, 5.41) is 4.41. The molecule has 120 valence electrons. The van der Waals surface area contributed by atoms with E-state index < -0.39 is 9.84 Å². The summed E-state index contributed by atoms with van der Waals surface area (Å²) in [7, 11) is -3.40. The van der Waals surface area contributed by atoms with E-state index in [1.165, 1.54) is 6.26 Å². The van der Waals surface area contributed by atoms with Crippen molar-refractivity contribution in [3.8, 4) is 0 Å². The van der Waals surface area contributed by atoms with Crippen LogP contribution < -0.4 is 10.6 Å². The fourth-order valence-corrected chi connectivity index (χ4v) is 3.69.